The molecule has 8 heteroatoms. The number of hydrogen-bond donors (Lipinski definition) is 0. The van der Waals surface area contributed by atoms with Gasteiger partial charge in [-0.15, -0.1) is 0 Å². The summed E-state index contributed by atoms with van der Waals surface area (Å²) in [6.45, 7) is 1.36. The fourth-order valence-electron chi connectivity index (χ4n) is 2.51. The van der Waals surface area contributed by atoms with Crippen LogP contribution in [0.15, 0.2) is 29.2 Å². The zero-order chi connectivity index (χ0) is 16.6. The number of hydrogen-bond acceptors (Lipinski definition) is 4. The van der Waals surface area contributed by atoms with Crippen molar-refractivity contribution in [2.24, 2.45) is 7.05 Å². The summed E-state index contributed by atoms with van der Waals surface area (Å²) in [5.41, 5.74) is 0.327. The summed E-state index contributed by atoms with van der Waals surface area (Å²) in [7, 11) is 1.57. The first-order valence-electron chi connectivity index (χ1n) is 7.04. The molecule has 0 aliphatic carbocycles. The molecule has 1 fully saturated rings. The predicted molar refractivity (Wildman–Crippen MR) is 92.2 cm³/mol. The molecule has 0 N–H and O–H groups in total. The van der Waals surface area contributed by atoms with Crippen molar-refractivity contribution in [2.75, 3.05) is 18.0 Å². The normalized spacial score (nSPS) is 17.6. The van der Waals surface area contributed by atoms with Crippen molar-refractivity contribution in [3.63, 3.8) is 0 Å². The van der Waals surface area contributed by atoms with Crippen LogP contribution in [0.25, 0.3) is 0 Å². The van der Waals surface area contributed by atoms with E-state index < -0.39 is 0 Å². The Bertz CT molecular complexity index is 794. The Labute approximate surface area is 148 Å². The highest BCUT2D eigenvalue weighted by atomic mass is 35.5. The summed E-state index contributed by atoms with van der Waals surface area (Å²) >= 11 is 18.0. The highest BCUT2D eigenvalue weighted by molar-refractivity contribution is 6.42. The van der Waals surface area contributed by atoms with Gasteiger partial charge in [-0.2, -0.15) is 5.10 Å². The number of nitrogens with zero attached hydrogens (tertiary/aromatic N) is 3. The molecule has 0 radical (unpaired) electrons. The number of anilines is 1. The van der Waals surface area contributed by atoms with E-state index in [4.69, 9.17) is 39.5 Å². The van der Waals surface area contributed by atoms with Gasteiger partial charge in [-0.05, 0) is 12.1 Å². The lowest BCUT2D eigenvalue weighted by Crippen LogP contribution is -2.28. The topological polar surface area (TPSA) is 47.4 Å². The van der Waals surface area contributed by atoms with Crippen molar-refractivity contribution in [1.29, 1.82) is 0 Å². The van der Waals surface area contributed by atoms with Gasteiger partial charge in [-0.25, -0.2) is 4.68 Å². The molecule has 1 aliphatic rings. The van der Waals surface area contributed by atoms with Crippen LogP contribution < -0.4 is 15.2 Å². The molecule has 1 aliphatic heterocycles. The van der Waals surface area contributed by atoms with E-state index in [9.17, 15) is 4.79 Å². The number of aromatic nitrogens is 2. The smallest absolute Gasteiger partial charge is 0.287 e. The van der Waals surface area contributed by atoms with E-state index in [1.165, 1.54) is 4.68 Å². The van der Waals surface area contributed by atoms with Gasteiger partial charge in [0.05, 0.1) is 28.5 Å². The van der Waals surface area contributed by atoms with Gasteiger partial charge in [0, 0.05) is 26.1 Å². The lowest BCUT2D eigenvalue weighted by molar-refractivity contribution is 0.225. The second kappa shape index (κ2) is 6.59. The lowest BCUT2D eigenvalue weighted by atomic mass is 10.3. The minimum Gasteiger partial charge on any atom is -0.488 e. The van der Waals surface area contributed by atoms with Crippen LogP contribution in [0.1, 0.15) is 6.42 Å². The maximum Gasteiger partial charge on any atom is 0.287 e. The van der Waals surface area contributed by atoms with Crippen molar-refractivity contribution < 1.29 is 4.74 Å². The third kappa shape index (κ3) is 3.42. The lowest BCUT2D eigenvalue weighted by Gasteiger charge is -2.20. The molecule has 1 unspecified atom stereocenters. The third-order valence-corrected chi connectivity index (χ3v) is 4.83. The zero-order valence-electron chi connectivity index (χ0n) is 12.3. The van der Waals surface area contributed by atoms with Gasteiger partial charge in [-0.1, -0.05) is 34.8 Å². The fraction of sp³-hybridized carbons (Fsp3) is 0.333. The van der Waals surface area contributed by atoms with Crippen molar-refractivity contribution in [3.8, 4) is 5.75 Å². The van der Waals surface area contributed by atoms with Crippen molar-refractivity contribution >= 4 is 40.5 Å². The molecule has 0 amide bonds. The van der Waals surface area contributed by atoms with E-state index in [-0.39, 0.29) is 16.7 Å². The first-order chi connectivity index (χ1) is 11.0. The van der Waals surface area contributed by atoms with E-state index in [0.717, 1.165) is 13.0 Å². The van der Waals surface area contributed by atoms with Gasteiger partial charge in [0.15, 0.2) is 0 Å². The Hall–Kier alpha value is -1.43. The summed E-state index contributed by atoms with van der Waals surface area (Å²) in [5, 5.41) is 5.15. The molecule has 122 valence electrons. The first kappa shape index (κ1) is 16.4. The second-order valence-electron chi connectivity index (χ2n) is 5.32. The molecule has 0 saturated carbocycles. The zero-order valence-corrected chi connectivity index (χ0v) is 14.6. The number of rotatable bonds is 3. The van der Waals surface area contributed by atoms with Crippen LogP contribution in [-0.2, 0) is 7.05 Å². The van der Waals surface area contributed by atoms with Crippen molar-refractivity contribution in [1.82, 2.24) is 9.78 Å². The molecule has 2 heterocycles. The first-order valence-corrected chi connectivity index (χ1v) is 8.17. The molecule has 0 spiro atoms. The Morgan fingerprint density at radius 3 is 2.78 bits per heavy atom. The van der Waals surface area contributed by atoms with Gasteiger partial charge in [0.1, 0.15) is 16.9 Å². The largest absolute Gasteiger partial charge is 0.488 e. The van der Waals surface area contributed by atoms with Crippen LogP contribution >= 0.6 is 34.8 Å². The standard InChI is InChI=1S/C15H14Cl3N3O2/c1-20-15(22)14(18)13(7-19-20)21-5-4-10(8-21)23-9-2-3-11(16)12(17)6-9/h2-3,6-7,10H,4-5,8H2,1H3. The van der Waals surface area contributed by atoms with Gasteiger partial charge in [-0.3, -0.25) is 4.79 Å². The van der Waals surface area contributed by atoms with Crippen LogP contribution in [0, 0.1) is 0 Å². The quantitative estimate of drug-likeness (QED) is 0.826. The SMILES string of the molecule is Cn1ncc(N2CCC(Oc3ccc(Cl)c(Cl)c3)C2)c(Cl)c1=O. The second-order valence-corrected chi connectivity index (χ2v) is 6.52. The van der Waals surface area contributed by atoms with Crippen LogP contribution in [0.4, 0.5) is 5.69 Å². The van der Waals surface area contributed by atoms with E-state index in [1.54, 1.807) is 31.4 Å². The summed E-state index contributed by atoms with van der Waals surface area (Å²) in [5.74, 6) is 0.666. The molecule has 1 saturated heterocycles. The maximum absolute atomic E-state index is 11.9. The molecule has 2 aromatic rings. The Morgan fingerprint density at radius 2 is 2.04 bits per heavy atom. The Balaban J connectivity index is 1.72. The van der Waals surface area contributed by atoms with Crippen LogP contribution in [-0.4, -0.2) is 29.0 Å². The minimum atomic E-state index is -0.307. The molecular weight excluding hydrogens is 361 g/mol. The number of aryl methyl sites for hydroxylation is 1. The monoisotopic (exact) mass is 373 g/mol. The predicted octanol–water partition coefficient (Wildman–Crippen LogP) is 3.40. The molecule has 1 aromatic heterocycles. The van der Waals surface area contributed by atoms with Gasteiger partial charge < -0.3 is 9.64 Å². The molecule has 0 bridgehead atoms. The minimum absolute atomic E-state index is 0.0210. The molecule has 1 aromatic carbocycles. The summed E-state index contributed by atoms with van der Waals surface area (Å²) < 4.78 is 7.14. The van der Waals surface area contributed by atoms with Gasteiger partial charge in [0.25, 0.3) is 5.56 Å². The Morgan fingerprint density at radius 1 is 1.26 bits per heavy atom. The summed E-state index contributed by atoms with van der Waals surface area (Å²) in [6.07, 6.45) is 2.39. The average molecular weight is 375 g/mol. The van der Waals surface area contributed by atoms with Crippen LogP contribution in [0.3, 0.4) is 0 Å². The number of benzene rings is 1. The summed E-state index contributed by atoms with van der Waals surface area (Å²) in [4.78, 5) is 13.9. The van der Waals surface area contributed by atoms with Gasteiger partial charge in [0.2, 0.25) is 0 Å². The highest BCUT2D eigenvalue weighted by Gasteiger charge is 2.27. The maximum atomic E-state index is 11.9. The van der Waals surface area contributed by atoms with E-state index in [2.05, 4.69) is 5.10 Å². The van der Waals surface area contributed by atoms with E-state index >= 15 is 0 Å². The van der Waals surface area contributed by atoms with Gasteiger partial charge >= 0.3 is 0 Å². The molecule has 3 rings (SSSR count). The van der Waals surface area contributed by atoms with E-state index in [0.29, 0.717) is 28.0 Å². The fourth-order valence-corrected chi connectivity index (χ4v) is 3.09. The van der Waals surface area contributed by atoms with E-state index in [1.807, 2.05) is 4.90 Å². The third-order valence-electron chi connectivity index (χ3n) is 3.74. The Kier molecular flexibility index (Phi) is 4.71. The van der Waals surface area contributed by atoms with Crippen molar-refractivity contribution in [2.45, 2.75) is 12.5 Å². The molecule has 23 heavy (non-hydrogen) atoms. The number of ether oxygens (including phenoxy) is 1. The molecular formula is C15H14Cl3N3O2. The molecule has 1 atom stereocenters. The van der Waals surface area contributed by atoms with Crippen LogP contribution in [0.5, 0.6) is 5.75 Å². The summed E-state index contributed by atoms with van der Waals surface area (Å²) in [6, 6.07) is 5.18. The average Bonchev–Trinajstić information content (AvgIpc) is 2.97. The highest BCUT2D eigenvalue weighted by Crippen LogP contribution is 2.30. The van der Waals surface area contributed by atoms with Crippen LogP contribution in [0.2, 0.25) is 15.1 Å². The number of halogens is 3. The van der Waals surface area contributed by atoms with Crippen molar-refractivity contribution in [3.05, 3.63) is 49.8 Å². The molecule has 5 nitrogen and oxygen atoms in total.